The van der Waals surface area contributed by atoms with Crippen LogP contribution in [0.4, 0.5) is 10.2 Å². The van der Waals surface area contributed by atoms with Crippen molar-refractivity contribution >= 4 is 25.1 Å². The van der Waals surface area contributed by atoms with Gasteiger partial charge in [-0.25, -0.2) is 18.5 Å². The first kappa shape index (κ1) is 29.8. The van der Waals surface area contributed by atoms with Gasteiger partial charge in [0.1, 0.15) is 54.2 Å². The number of para-hydroxylation sites is 1. The molecule has 0 aliphatic heterocycles. The zero-order valence-corrected chi connectivity index (χ0v) is 22.9. The Bertz CT molecular complexity index is 1340. The monoisotopic (exact) mass is 581 g/mol. The minimum absolute atomic E-state index is 0.0701. The van der Waals surface area contributed by atoms with Crippen LogP contribution in [0.25, 0.3) is 5.52 Å². The second-order valence-corrected chi connectivity index (χ2v) is 11.2. The predicted molar refractivity (Wildman–Crippen MR) is 141 cm³/mol. The maximum Gasteiger partial charge on any atom is 0.459 e. The van der Waals surface area contributed by atoms with Gasteiger partial charge in [0.25, 0.3) is 0 Å². The van der Waals surface area contributed by atoms with Crippen LogP contribution in [0, 0.1) is 0 Å². The topological polar surface area (TPSA) is 180 Å². The second-order valence-electron chi connectivity index (χ2n) is 9.51. The first-order valence-corrected chi connectivity index (χ1v) is 14.2. The van der Waals surface area contributed by atoms with Crippen molar-refractivity contribution in [2.45, 2.75) is 56.1 Å². The summed E-state index contributed by atoms with van der Waals surface area (Å²) in [6, 6.07) is 9.84. The van der Waals surface area contributed by atoms with E-state index in [0.717, 1.165) is 32.7 Å². The summed E-state index contributed by atoms with van der Waals surface area (Å²) in [6.45, 7) is -0.777. The number of fused-ring (bicyclic) bond motifs is 1. The molecule has 40 heavy (non-hydrogen) atoms. The van der Waals surface area contributed by atoms with Crippen LogP contribution in [0.5, 0.6) is 5.75 Å². The van der Waals surface area contributed by atoms with Gasteiger partial charge in [0.2, 0.25) is 0 Å². The van der Waals surface area contributed by atoms with Gasteiger partial charge in [-0.05, 0) is 50.5 Å². The third-order valence-corrected chi connectivity index (χ3v) is 8.40. The van der Waals surface area contributed by atoms with Gasteiger partial charge < -0.3 is 29.9 Å². The molecule has 1 aliphatic carbocycles. The number of alkyl halides is 1. The Balaban J connectivity index is 1.55. The highest BCUT2D eigenvalue weighted by Gasteiger charge is 2.47. The van der Waals surface area contributed by atoms with E-state index in [1.807, 2.05) is 0 Å². The molecule has 5 N–H and O–H groups in total. The van der Waals surface area contributed by atoms with Crippen LogP contribution in [0.1, 0.15) is 38.0 Å². The van der Waals surface area contributed by atoms with E-state index in [0.29, 0.717) is 5.52 Å². The van der Waals surface area contributed by atoms with Crippen molar-refractivity contribution in [3.8, 4) is 5.75 Å². The molecule has 1 fully saturated rings. The van der Waals surface area contributed by atoms with E-state index >= 15 is 0 Å². The lowest BCUT2D eigenvalue weighted by Gasteiger charge is -2.37. The van der Waals surface area contributed by atoms with Crippen molar-refractivity contribution in [2.75, 3.05) is 26.1 Å². The van der Waals surface area contributed by atoms with Gasteiger partial charge in [-0.15, -0.1) is 0 Å². The normalized spacial score (nSPS) is 19.1. The second kappa shape index (κ2) is 12.6. The molecule has 2 aromatic heterocycles. The molecule has 3 aromatic rings. The number of benzene rings is 1. The summed E-state index contributed by atoms with van der Waals surface area (Å²) < 4.78 is 51.5. The van der Waals surface area contributed by atoms with Crippen LogP contribution < -0.4 is 15.3 Å². The van der Waals surface area contributed by atoms with Crippen LogP contribution >= 0.6 is 7.75 Å². The summed E-state index contributed by atoms with van der Waals surface area (Å²) in [7, 11) is -3.31. The summed E-state index contributed by atoms with van der Waals surface area (Å²) in [6.07, 6.45) is -0.285. The lowest BCUT2D eigenvalue weighted by molar-refractivity contribution is -0.170. The maximum absolute atomic E-state index is 14.6. The summed E-state index contributed by atoms with van der Waals surface area (Å²) in [5, 5.41) is 28.7. The van der Waals surface area contributed by atoms with E-state index in [9.17, 15) is 24.0 Å². The smallest absolute Gasteiger partial charge is 0.459 e. The number of ether oxygens (including phenoxy) is 2. The number of carbonyl (C=O) groups is 1. The Hall–Kier alpha value is -3.13. The van der Waals surface area contributed by atoms with Crippen LogP contribution in [0.3, 0.4) is 0 Å². The number of rotatable bonds is 14. The van der Waals surface area contributed by atoms with Crippen molar-refractivity contribution in [1.82, 2.24) is 19.7 Å². The van der Waals surface area contributed by atoms with Gasteiger partial charge in [0.05, 0.1) is 12.3 Å². The third-order valence-electron chi connectivity index (χ3n) is 6.77. The van der Waals surface area contributed by atoms with E-state index < -0.39 is 50.8 Å². The lowest BCUT2D eigenvalue weighted by Crippen LogP contribution is -2.53. The lowest BCUT2D eigenvalue weighted by atomic mass is 9.93. The van der Waals surface area contributed by atoms with E-state index in [4.69, 9.17) is 24.3 Å². The molecule has 1 unspecified atom stereocenters. The van der Waals surface area contributed by atoms with E-state index in [-0.39, 0.29) is 23.4 Å². The van der Waals surface area contributed by atoms with Crippen molar-refractivity contribution in [1.29, 1.82) is 0 Å². The fourth-order valence-corrected chi connectivity index (χ4v) is 5.58. The number of aliphatic hydroxyl groups excluding tert-OH is 2. The van der Waals surface area contributed by atoms with Gasteiger partial charge in [0, 0.05) is 7.11 Å². The Kier molecular flexibility index (Phi) is 9.39. The molecule has 0 bridgehead atoms. The molecule has 13 nitrogen and oxygen atoms in total. The van der Waals surface area contributed by atoms with Crippen molar-refractivity contribution < 1.29 is 42.5 Å². The molecule has 2 heterocycles. The number of hydrogen-bond acceptors (Lipinski definition) is 11. The van der Waals surface area contributed by atoms with Crippen molar-refractivity contribution in [3.05, 3.63) is 54.5 Å². The number of methoxy groups -OCH3 is 1. The number of anilines is 1. The maximum atomic E-state index is 14.6. The average molecular weight is 582 g/mol. The minimum Gasteiger partial charge on any atom is -0.461 e. The molecule has 0 radical (unpaired) electrons. The Morgan fingerprint density at radius 3 is 2.62 bits per heavy atom. The molecule has 4 rings (SSSR count). The fourth-order valence-electron chi connectivity index (χ4n) is 4.03. The Labute approximate surface area is 230 Å². The molecular formula is C25H33FN5O8P. The standard InChI is InChI=1S/C25H33FN5O8P/c1-16(24(34)38-17-9-6-10-17)30-40(35,39-18-7-4-3-5-8-18)37-14-25(13-26,36-2)22(33)21(32)19-11-12-20-23(27)28-15-29-31(19)20/h3-5,7-8,11-12,15-17,21-22,32-33H,6,9-10,13-14H2,1-2H3,(H,30,35)(H2,27,28,29)/t16-,21-,22-,25+,40?/m0/s1. The number of nitrogens with two attached hydrogens (primary N) is 1. The van der Waals surface area contributed by atoms with E-state index in [1.54, 1.807) is 18.2 Å². The number of nitrogen functional groups attached to an aromatic ring is 1. The van der Waals surface area contributed by atoms with Crippen LogP contribution in [0.2, 0.25) is 0 Å². The summed E-state index contributed by atoms with van der Waals surface area (Å²) >= 11 is 0. The van der Waals surface area contributed by atoms with Gasteiger partial charge in [-0.3, -0.25) is 9.32 Å². The van der Waals surface area contributed by atoms with E-state index in [2.05, 4.69) is 15.2 Å². The molecule has 5 atom stereocenters. The number of nitrogens with zero attached hydrogens (tertiary/aromatic N) is 3. The Morgan fingerprint density at radius 2 is 2.00 bits per heavy atom. The zero-order chi connectivity index (χ0) is 28.9. The average Bonchev–Trinajstić information content (AvgIpc) is 3.37. The highest BCUT2D eigenvalue weighted by atomic mass is 31.2. The number of carbonyl (C=O) groups excluding carboxylic acids is 1. The van der Waals surface area contributed by atoms with Gasteiger partial charge in [-0.2, -0.15) is 10.2 Å². The molecule has 1 aromatic carbocycles. The van der Waals surface area contributed by atoms with Crippen LogP contribution in [-0.4, -0.2) is 75.0 Å². The van der Waals surface area contributed by atoms with Crippen molar-refractivity contribution in [3.63, 3.8) is 0 Å². The number of aromatic nitrogens is 3. The quantitative estimate of drug-likeness (QED) is 0.161. The van der Waals surface area contributed by atoms with E-state index in [1.165, 1.54) is 35.7 Å². The summed E-state index contributed by atoms with van der Waals surface area (Å²) in [4.78, 5) is 16.4. The number of hydrogen-bond donors (Lipinski definition) is 4. The third kappa shape index (κ3) is 6.43. The first-order chi connectivity index (χ1) is 19.1. The number of esters is 1. The molecule has 15 heteroatoms. The van der Waals surface area contributed by atoms with Crippen LogP contribution in [-0.2, 0) is 23.4 Å². The molecule has 1 saturated carbocycles. The SMILES string of the molecule is CO[C@](CF)(COP(=O)(N[C@@H](C)C(=O)OC1CCC1)Oc1ccccc1)[C@@H](O)[C@@H](O)c1ccc2c(N)ncnn12. The molecule has 0 spiro atoms. The predicted octanol–water partition coefficient (Wildman–Crippen LogP) is 2.34. The Morgan fingerprint density at radius 1 is 1.27 bits per heavy atom. The molecule has 0 amide bonds. The molecule has 0 saturated heterocycles. The van der Waals surface area contributed by atoms with Gasteiger partial charge in [-0.1, -0.05) is 18.2 Å². The zero-order valence-electron chi connectivity index (χ0n) is 22.1. The van der Waals surface area contributed by atoms with Crippen LogP contribution in [0.15, 0.2) is 48.8 Å². The number of aliphatic hydroxyl groups is 2. The highest BCUT2D eigenvalue weighted by Crippen LogP contribution is 2.46. The number of nitrogens with one attached hydrogen (secondary N) is 1. The molecule has 1 aliphatic rings. The summed E-state index contributed by atoms with van der Waals surface area (Å²) in [5.74, 6) is -0.394. The highest BCUT2D eigenvalue weighted by molar-refractivity contribution is 7.52. The molecular weight excluding hydrogens is 548 g/mol. The fraction of sp³-hybridized carbons (Fsp3) is 0.480. The molecule has 218 valence electrons. The summed E-state index contributed by atoms with van der Waals surface area (Å²) in [5.41, 5.74) is 4.05. The van der Waals surface area contributed by atoms with Gasteiger partial charge >= 0.3 is 13.7 Å². The largest absolute Gasteiger partial charge is 0.461 e. The number of halogens is 1. The van der Waals surface area contributed by atoms with Crippen molar-refractivity contribution in [2.24, 2.45) is 0 Å². The van der Waals surface area contributed by atoms with Gasteiger partial charge in [0.15, 0.2) is 5.82 Å². The minimum atomic E-state index is -4.42. The first-order valence-electron chi connectivity index (χ1n) is 12.6.